The highest BCUT2D eigenvalue weighted by atomic mass is 16.4. The van der Waals surface area contributed by atoms with Gasteiger partial charge in [-0.3, -0.25) is 0 Å². The molecule has 1 atom stereocenters. The van der Waals surface area contributed by atoms with E-state index in [0.29, 0.717) is 19.4 Å². The summed E-state index contributed by atoms with van der Waals surface area (Å²) in [5, 5.41) is 18.5. The molecule has 0 aromatic carbocycles. The molecule has 0 aromatic heterocycles. The highest BCUT2D eigenvalue weighted by Crippen LogP contribution is 2.22. The second-order valence-electron chi connectivity index (χ2n) is 3.62. The number of carbonyl (C=O) groups is 1. The molecule has 0 aromatic rings. The van der Waals surface area contributed by atoms with Crippen LogP contribution in [0.25, 0.3) is 0 Å². The van der Waals surface area contributed by atoms with Crippen molar-refractivity contribution >= 4 is 5.97 Å². The first-order chi connectivity index (χ1) is 6.08. The van der Waals surface area contributed by atoms with Crippen LogP contribution in [0.1, 0.15) is 26.2 Å². The molecule has 2 N–H and O–H groups in total. The molecule has 76 valence electrons. The maximum Gasteiger partial charge on any atom is 0.335 e. The average molecular weight is 187 g/mol. The lowest BCUT2D eigenvalue weighted by molar-refractivity contribution is -0.159. The predicted molar refractivity (Wildman–Crippen MR) is 48.6 cm³/mol. The third-order valence-electron chi connectivity index (χ3n) is 2.75. The van der Waals surface area contributed by atoms with E-state index in [0.717, 1.165) is 19.5 Å². The molecule has 1 saturated heterocycles. The number of carboxylic acids is 1. The second-order valence-corrected chi connectivity index (χ2v) is 3.62. The van der Waals surface area contributed by atoms with Crippen LogP contribution in [0.5, 0.6) is 0 Å². The average Bonchev–Trinajstić information content (AvgIpc) is 2.28. The lowest BCUT2D eigenvalue weighted by Crippen LogP contribution is -2.39. The summed E-state index contributed by atoms with van der Waals surface area (Å²) >= 11 is 0. The molecule has 4 nitrogen and oxygen atoms in total. The quantitative estimate of drug-likeness (QED) is 0.653. The monoisotopic (exact) mass is 187 g/mol. The Balaban J connectivity index is 2.58. The Morgan fingerprint density at radius 2 is 2.15 bits per heavy atom. The summed E-state index contributed by atoms with van der Waals surface area (Å²) in [6.45, 7) is 4.55. The number of nitrogens with zero attached hydrogens (tertiary/aromatic N) is 1. The number of carboxylic acid groups (broad SMARTS) is 1. The molecule has 0 spiro atoms. The highest BCUT2D eigenvalue weighted by Gasteiger charge is 2.37. The van der Waals surface area contributed by atoms with Gasteiger partial charge in [-0.1, -0.05) is 6.92 Å². The lowest BCUT2D eigenvalue weighted by atomic mass is 9.95. The van der Waals surface area contributed by atoms with Crippen molar-refractivity contribution < 1.29 is 15.0 Å². The number of aliphatic hydroxyl groups is 1. The molecular formula is C9H17NO3. The van der Waals surface area contributed by atoms with Gasteiger partial charge >= 0.3 is 5.97 Å². The number of aliphatic carboxylic acids is 1. The standard InChI is InChI=1S/C9H17NO3/c1-2-10-6-3-4-9(13,5-7-10)8(11)12/h13H,2-7H2,1H3,(H,11,12). The maximum absolute atomic E-state index is 10.8. The molecule has 1 fully saturated rings. The first-order valence-corrected chi connectivity index (χ1v) is 4.76. The summed E-state index contributed by atoms with van der Waals surface area (Å²) in [6, 6.07) is 0. The minimum absolute atomic E-state index is 0.343. The van der Waals surface area contributed by atoms with Crippen molar-refractivity contribution in [1.29, 1.82) is 0 Å². The summed E-state index contributed by atoms with van der Waals surface area (Å²) in [5.41, 5.74) is -1.48. The molecule has 1 aliphatic heterocycles. The van der Waals surface area contributed by atoms with Crippen LogP contribution in [0.2, 0.25) is 0 Å². The normalized spacial score (nSPS) is 31.2. The molecular weight excluding hydrogens is 170 g/mol. The Bertz CT molecular complexity index is 195. The zero-order valence-electron chi connectivity index (χ0n) is 7.99. The molecule has 1 unspecified atom stereocenters. The van der Waals surface area contributed by atoms with E-state index in [2.05, 4.69) is 4.90 Å². The van der Waals surface area contributed by atoms with E-state index >= 15 is 0 Å². The highest BCUT2D eigenvalue weighted by molar-refractivity contribution is 5.77. The van der Waals surface area contributed by atoms with Gasteiger partial charge < -0.3 is 15.1 Å². The summed E-state index contributed by atoms with van der Waals surface area (Å²) in [6.07, 6.45) is 1.48. The number of hydrogen-bond acceptors (Lipinski definition) is 3. The minimum Gasteiger partial charge on any atom is -0.479 e. The van der Waals surface area contributed by atoms with Crippen molar-refractivity contribution in [3.8, 4) is 0 Å². The van der Waals surface area contributed by atoms with Crippen LogP contribution < -0.4 is 0 Å². The number of rotatable bonds is 2. The van der Waals surface area contributed by atoms with Crippen molar-refractivity contribution in [2.75, 3.05) is 19.6 Å². The lowest BCUT2D eigenvalue weighted by Gasteiger charge is -2.21. The van der Waals surface area contributed by atoms with E-state index in [-0.39, 0.29) is 0 Å². The number of likely N-dealkylation sites (tertiary alicyclic amines) is 1. The Morgan fingerprint density at radius 3 is 2.69 bits per heavy atom. The van der Waals surface area contributed by atoms with Gasteiger partial charge in [-0.2, -0.15) is 0 Å². The SMILES string of the molecule is CCN1CCCC(O)(C(=O)O)CC1. The van der Waals surface area contributed by atoms with Gasteiger partial charge in [0.15, 0.2) is 5.60 Å². The van der Waals surface area contributed by atoms with Gasteiger partial charge in [-0.05, 0) is 32.4 Å². The van der Waals surface area contributed by atoms with E-state index in [1.54, 1.807) is 0 Å². The molecule has 0 amide bonds. The van der Waals surface area contributed by atoms with Gasteiger partial charge in [0.25, 0.3) is 0 Å². The Kier molecular flexibility index (Phi) is 3.27. The van der Waals surface area contributed by atoms with E-state index in [1.807, 2.05) is 6.92 Å². The van der Waals surface area contributed by atoms with E-state index in [1.165, 1.54) is 0 Å². The van der Waals surface area contributed by atoms with Crippen LogP contribution in [-0.4, -0.2) is 46.3 Å². The van der Waals surface area contributed by atoms with Gasteiger partial charge in [0.05, 0.1) is 0 Å². The molecule has 1 rings (SSSR count). The van der Waals surface area contributed by atoms with Crippen molar-refractivity contribution in [1.82, 2.24) is 4.90 Å². The third kappa shape index (κ3) is 2.42. The van der Waals surface area contributed by atoms with Gasteiger partial charge in [0, 0.05) is 6.54 Å². The third-order valence-corrected chi connectivity index (χ3v) is 2.75. The molecule has 0 radical (unpaired) electrons. The minimum atomic E-state index is -1.48. The van der Waals surface area contributed by atoms with Gasteiger partial charge in [-0.15, -0.1) is 0 Å². The smallest absolute Gasteiger partial charge is 0.335 e. The predicted octanol–water partition coefficient (Wildman–Crippen LogP) is 0.308. The van der Waals surface area contributed by atoms with E-state index < -0.39 is 11.6 Å². The molecule has 0 bridgehead atoms. The van der Waals surface area contributed by atoms with E-state index in [9.17, 15) is 9.90 Å². The van der Waals surface area contributed by atoms with Gasteiger partial charge in [-0.25, -0.2) is 4.79 Å². The first kappa shape index (κ1) is 10.5. The fourth-order valence-corrected chi connectivity index (χ4v) is 1.71. The Hall–Kier alpha value is -0.610. The molecule has 0 aliphatic carbocycles. The summed E-state index contributed by atoms with van der Waals surface area (Å²) in [4.78, 5) is 12.9. The molecule has 13 heavy (non-hydrogen) atoms. The van der Waals surface area contributed by atoms with Crippen molar-refractivity contribution in [2.24, 2.45) is 0 Å². The fourth-order valence-electron chi connectivity index (χ4n) is 1.71. The largest absolute Gasteiger partial charge is 0.479 e. The van der Waals surface area contributed by atoms with Crippen LogP contribution in [-0.2, 0) is 4.79 Å². The van der Waals surface area contributed by atoms with Crippen LogP contribution in [0.4, 0.5) is 0 Å². The van der Waals surface area contributed by atoms with Crippen molar-refractivity contribution in [3.05, 3.63) is 0 Å². The first-order valence-electron chi connectivity index (χ1n) is 4.76. The molecule has 1 heterocycles. The topological polar surface area (TPSA) is 60.8 Å². The van der Waals surface area contributed by atoms with Crippen molar-refractivity contribution in [3.63, 3.8) is 0 Å². The van der Waals surface area contributed by atoms with Crippen LogP contribution >= 0.6 is 0 Å². The second kappa shape index (κ2) is 4.07. The van der Waals surface area contributed by atoms with Crippen molar-refractivity contribution in [2.45, 2.75) is 31.8 Å². The van der Waals surface area contributed by atoms with Gasteiger partial charge in [0.1, 0.15) is 0 Å². The van der Waals surface area contributed by atoms with E-state index in [4.69, 9.17) is 5.11 Å². The maximum atomic E-state index is 10.8. The van der Waals surface area contributed by atoms with Gasteiger partial charge in [0.2, 0.25) is 0 Å². The molecule has 4 heteroatoms. The number of hydrogen-bond donors (Lipinski definition) is 2. The Labute approximate surface area is 78.2 Å². The summed E-state index contributed by atoms with van der Waals surface area (Å²) in [7, 11) is 0. The zero-order chi connectivity index (χ0) is 9.90. The summed E-state index contributed by atoms with van der Waals surface area (Å²) in [5.74, 6) is -1.08. The summed E-state index contributed by atoms with van der Waals surface area (Å²) < 4.78 is 0. The zero-order valence-corrected chi connectivity index (χ0v) is 7.99. The van der Waals surface area contributed by atoms with Crippen LogP contribution in [0.3, 0.4) is 0 Å². The molecule has 0 saturated carbocycles. The Morgan fingerprint density at radius 1 is 1.46 bits per heavy atom. The molecule has 1 aliphatic rings. The fraction of sp³-hybridized carbons (Fsp3) is 0.889. The van der Waals surface area contributed by atoms with Crippen LogP contribution in [0, 0.1) is 0 Å². The van der Waals surface area contributed by atoms with Crippen LogP contribution in [0.15, 0.2) is 0 Å².